The van der Waals surface area contributed by atoms with Gasteiger partial charge in [-0.15, -0.1) is 0 Å². The molecule has 0 aliphatic carbocycles. The Kier molecular flexibility index (Phi) is 6.21. The number of nitrogens with one attached hydrogen (secondary N) is 1. The van der Waals surface area contributed by atoms with Crippen LogP contribution in [0.2, 0.25) is 0 Å². The van der Waals surface area contributed by atoms with Crippen LogP contribution in [0.1, 0.15) is 17.5 Å². The molecule has 1 aliphatic rings. The van der Waals surface area contributed by atoms with E-state index in [0.717, 1.165) is 26.8 Å². The van der Waals surface area contributed by atoms with Gasteiger partial charge in [-0.2, -0.15) is 0 Å². The zero-order valence-corrected chi connectivity index (χ0v) is 19.8. The second kappa shape index (κ2) is 9.62. The Balaban J connectivity index is 1.63. The second-order valence-corrected chi connectivity index (χ2v) is 8.82. The number of aryl methyl sites for hydroxylation is 1. The van der Waals surface area contributed by atoms with Crippen LogP contribution in [0.25, 0.3) is 10.8 Å². The Hall–Kier alpha value is -4.52. The van der Waals surface area contributed by atoms with Crippen molar-refractivity contribution in [2.75, 3.05) is 12.0 Å². The topological polar surface area (TPSA) is 88.6 Å². The molecule has 7 heteroatoms. The molecule has 0 spiro atoms. The number of amides is 4. The second-order valence-electron chi connectivity index (χ2n) is 8.82. The van der Waals surface area contributed by atoms with Gasteiger partial charge >= 0.3 is 6.03 Å². The smallest absolute Gasteiger partial charge is 0.335 e. The Morgan fingerprint density at radius 3 is 2.42 bits per heavy atom. The zero-order valence-electron chi connectivity index (χ0n) is 19.8. The number of fused-ring (bicyclic) bond motifs is 1. The lowest BCUT2D eigenvalue weighted by Crippen LogP contribution is -2.65. The van der Waals surface area contributed by atoms with E-state index < -0.39 is 23.3 Å². The van der Waals surface area contributed by atoms with Crippen molar-refractivity contribution in [3.05, 3.63) is 102 Å². The number of hydrogen-bond acceptors (Lipinski definition) is 5. The molecule has 180 valence electrons. The van der Waals surface area contributed by atoms with Crippen LogP contribution >= 0.6 is 0 Å². The molecular formula is C29H25N3O4. The van der Waals surface area contributed by atoms with Crippen molar-refractivity contribution in [2.45, 2.75) is 19.3 Å². The first kappa shape index (κ1) is 23.2. The highest BCUT2D eigenvalue weighted by Gasteiger charge is 2.54. The minimum absolute atomic E-state index is 0.142. The summed E-state index contributed by atoms with van der Waals surface area (Å²) in [5.41, 5.74) is 0.591. The number of anilines is 1. The first-order chi connectivity index (χ1) is 17.5. The van der Waals surface area contributed by atoms with Crippen molar-refractivity contribution in [1.29, 1.82) is 0 Å². The number of nitrogens with zero attached hydrogens (tertiary/aromatic N) is 2. The van der Waals surface area contributed by atoms with Crippen LogP contribution in [0.5, 0.6) is 5.75 Å². The van der Waals surface area contributed by atoms with Crippen LogP contribution in [0.4, 0.5) is 10.5 Å². The van der Waals surface area contributed by atoms with E-state index in [-0.39, 0.29) is 12.8 Å². The van der Waals surface area contributed by atoms with E-state index >= 15 is 0 Å². The molecule has 3 aromatic carbocycles. The first-order valence-electron chi connectivity index (χ1n) is 11.7. The summed E-state index contributed by atoms with van der Waals surface area (Å²) in [6.45, 7) is 0. The van der Waals surface area contributed by atoms with Crippen LogP contribution in [-0.2, 0) is 22.4 Å². The summed E-state index contributed by atoms with van der Waals surface area (Å²) in [6.07, 6.45) is 4.17. The maximum Gasteiger partial charge on any atom is 0.335 e. The Bertz CT molecular complexity index is 1450. The summed E-state index contributed by atoms with van der Waals surface area (Å²) < 4.78 is 5.43. The van der Waals surface area contributed by atoms with E-state index in [0.29, 0.717) is 17.9 Å². The molecule has 1 atom stereocenters. The molecule has 4 amide bonds. The summed E-state index contributed by atoms with van der Waals surface area (Å²) in [6, 6.07) is 23.4. The van der Waals surface area contributed by atoms with Crippen molar-refractivity contribution in [3.63, 3.8) is 0 Å². The minimum atomic E-state index is -1.51. The molecule has 0 radical (unpaired) electrons. The number of rotatable bonds is 7. The van der Waals surface area contributed by atoms with E-state index in [1.165, 1.54) is 7.11 Å². The van der Waals surface area contributed by atoms with Crippen molar-refractivity contribution in [3.8, 4) is 5.75 Å². The van der Waals surface area contributed by atoms with Crippen LogP contribution in [0.15, 0.2) is 91.3 Å². The standard InChI is InChI=1S/C29H25N3O4/c1-36-25-12-5-4-11-24(25)32-27(34)29(26(33)31-28(32)35,16-13-20-14-17-30-18-15-20)19-22-9-6-8-21-7-2-3-10-23(21)22/h2-12,14-15,17-18H,13,16,19H2,1H3,(H,31,33,35)/t29-/m0/s1. The molecule has 0 unspecified atom stereocenters. The fraction of sp³-hybridized carbons (Fsp3) is 0.172. The number of benzene rings is 3. The van der Waals surface area contributed by atoms with Crippen molar-refractivity contribution in [2.24, 2.45) is 5.41 Å². The van der Waals surface area contributed by atoms with Crippen molar-refractivity contribution in [1.82, 2.24) is 10.3 Å². The van der Waals surface area contributed by atoms with E-state index in [4.69, 9.17) is 4.74 Å². The number of methoxy groups -OCH3 is 1. The van der Waals surface area contributed by atoms with Gasteiger partial charge in [0.05, 0.1) is 12.8 Å². The predicted octanol–water partition coefficient (Wildman–Crippen LogP) is 4.69. The molecule has 36 heavy (non-hydrogen) atoms. The normalized spacial score (nSPS) is 17.8. The fourth-order valence-corrected chi connectivity index (χ4v) is 4.85. The SMILES string of the molecule is COc1ccccc1N1C(=O)NC(=O)[C@](CCc2ccncc2)(Cc2cccc3ccccc23)C1=O. The molecule has 1 fully saturated rings. The molecule has 5 rings (SSSR count). The number of urea groups is 1. The van der Waals surface area contributed by atoms with Gasteiger partial charge in [-0.1, -0.05) is 54.6 Å². The lowest BCUT2D eigenvalue weighted by Gasteiger charge is -2.40. The number of carbonyl (C=O) groups excluding carboxylic acids is 3. The number of barbiturate groups is 1. The molecular weight excluding hydrogens is 454 g/mol. The third kappa shape index (κ3) is 4.09. The quantitative estimate of drug-likeness (QED) is 0.389. The molecule has 1 N–H and O–H groups in total. The number of carbonyl (C=O) groups is 3. The van der Waals surface area contributed by atoms with Gasteiger partial charge in [-0.25, -0.2) is 9.69 Å². The van der Waals surface area contributed by atoms with Gasteiger partial charge in [0, 0.05) is 12.4 Å². The average molecular weight is 480 g/mol. The third-order valence-corrected chi connectivity index (χ3v) is 6.76. The zero-order chi connectivity index (χ0) is 25.1. The van der Waals surface area contributed by atoms with E-state index in [2.05, 4.69) is 10.3 Å². The highest BCUT2D eigenvalue weighted by molar-refractivity contribution is 6.30. The highest BCUT2D eigenvalue weighted by atomic mass is 16.5. The molecule has 7 nitrogen and oxygen atoms in total. The number of para-hydroxylation sites is 2. The fourth-order valence-electron chi connectivity index (χ4n) is 4.85. The van der Waals surface area contributed by atoms with Crippen molar-refractivity contribution >= 4 is 34.3 Å². The largest absolute Gasteiger partial charge is 0.495 e. The number of hydrogen-bond donors (Lipinski definition) is 1. The molecule has 1 saturated heterocycles. The maximum absolute atomic E-state index is 14.3. The van der Waals surface area contributed by atoms with Crippen molar-refractivity contribution < 1.29 is 19.1 Å². The van der Waals surface area contributed by atoms with Crippen LogP contribution in [-0.4, -0.2) is 29.9 Å². The molecule has 1 aromatic heterocycles. The summed E-state index contributed by atoms with van der Waals surface area (Å²) >= 11 is 0. The maximum atomic E-state index is 14.3. The first-order valence-corrected chi connectivity index (χ1v) is 11.7. The average Bonchev–Trinajstić information content (AvgIpc) is 2.91. The lowest BCUT2D eigenvalue weighted by molar-refractivity contribution is -0.143. The summed E-state index contributed by atoms with van der Waals surface area (Å²) in [4.78, 5) is 46.0. The van der Waals surface area contributed by atoms with E-state index in [9.17, 15) is 14.4 Å². The summed E-state index contributed by atoms with van der Waals surface area (Å²) in [5, 5.41) is 4.44. The van der Waals surface area contributed by atoms with Gasteiger partial charge in [-0.05, 0) is 65.4 Å². The third-order valence-electron chi connectivity index (χ3n) is 6.76. The Labute approximate surface area is 208 Å². The highest BCUT2D eigenvalue weighted by Crippen LogP contribution is 2.40. The van der Waals surface area contributed by atoms with Gasteiger partial charge in [0.25, 0.3) is 5.91 Å². The summed E-state index contributed by atoms with van der Waals surface area (Å²) in [5.74, 6) is -0.795. The molecule has 0 bridgehead atoms. The van der Waals surface area contributed by atoms with Gasteiger partial charge in [-0.3, -0.25) is 19.9 Å². The van der Waals surface area contributed by atoms with E-state index in [1.807, 2.05) is 54.6 Å². The van der Waals surface area contributed by atoms with Crippen LogP contribution in [0, 0.1) is 5.41 Å². The number of imide groups is 2. The van der Waals surface area contributed by atoms with Gasteiger partial charge in [0.2, 0.25) is 5.91 Å². The molecule has 2 heterocycles. The van der Waals surface area contributed by atoms with Crippen LogP contribution in [0.3, 0.4) is 0 Å². The monoisotopic (exact) mass is 479 g/mol. The number of ether oxygens (including phenoxy) is 1. The molecule has 1 aliphatic heterocycles. The predicted molar refractivity (Wildman–Crippen MR) is 137 cm³/mol. The number of aromatic nitrogens is 1. The molecule has 4 aromatic rings. The Morgan fingerprint density at radius 1 is 0.889 bits per heavy atom. The number of pyridine rings is 1. The summed E-state index contributed by atoms with van der Waals surface area (Å²) in [7, 11) is 1.48. The van der Waals surface area contributed by atoms with Gasteiger partial charge in [0.15, 0.2) is 0 Å². The van der Waals surface area contributed by atoms with E-state index in [1.54, 1.807) is 36.7 Å². The van der Waals surface area contributed by atoms with Crippen LogP contribution < -0.4 is 15.0 Å². The van der Waals surface area contributed by atoms with Gasteiger partial charge < -0.3 is 4.74 Å². The Morgan fingerprint density at radius 2 is 1.61 bits per heavy atom. The molecule has 0 saturated carbocycles. The minimum Gasteiger partial charge on any atom is -0.495 e. The lowest BCUT2D eigenvalue weighted by atomic mass is 9.73. The van der Waals surface area contributed by atoms with Gasteiger partial charge in [0.1, 0.15) is 11.2 Å².